The van der Waals surface area contributed by atoms with Crippen molar-refractivity contribution in [2.75, 3.05) is 19.0 Å². The monoisotopic (exact) mass is 404 g/mol. The SMILES string of the molecule is COc1cc(C(=O)NCCCC(=O)Nc2ccc(Cl)cc2)ccc1OC(C)C. The number of carbonyl (C=O) groups is 2. The Bertz CT molecular complexity index is 807. The lowest BCUT2D eigenvalue weighted by Gasteiger charge is -2.14. The summed E-state index contributed by atoms with van der Waals surface area (Å²) < 4.78 is 10.9. The second-order valence-electron chi connectivity index (χ2n) is 6.45. The second kappa shape index (κ2) is 10.6. The highest BCUT2D eigenvalue weighted by Gasteiger charge is 2.12. The summed E-state index contributed by atoms with van der Waals surface area (Å²) >= 11 is 5.81. The molecule has 7 heteroatoms. The van der Waals surface area contributed by atoms with E-state index < -0.39 is 0 Å². The van der Waals surface area contributed by atoms with Crippen molar-refractivity contribution in [3.8, 4) is 11.5 Å². The molecule has 6 nitrogen and oxygen atoms in total. The van der Waals surface area contributed by atoms with Crippen molar-refractivity contribution in [2.24, 2.45) is 0 Å². The molecule has 0 fully saturated rings. The molecule has 0 saturated heterocycles. The second-order valence-corrected chi connectivity index (χ2v) is 6.88. The Labute approximate surface area is 170 Å². The van der Waals surface area contributed by atoms with Gasteiger partial charge in [-0.1, -0.05) is 11.6 Å². The Balaban J connectivity index is 1.78. The lowest BCUT2D eigenvalue weighted by Crippen LogP contribution is -2.25. The number of ether oxygens (including phenoxy) is 2. The molecule has 0 aliphatic heterocycles. The summed E-state index contributed by atoms with van der Waals surface area (Å²) in [4.78, 5) is 24.2. The van der Waals surface area contributed by atoms with Crippen LogP contribution in [0.4, 0.5) is 5.69 Å². The number of rotatable bonds is 9. The highest BCUT2D eigenvalue weighted by Crippen LogP contribution is 2.28. The van der Waals surface area contributed by atoms with Crippen molar-refractivity contribution in [3.63, 3.8) is 0 Å². The van der Waals surface area contributed by atoms with E-state index in [0.717, 1.165) is 0 Å². The average Bonchev–Trinajstić information content (AvgIpc) is 2.66. The molecule has 2 N–H and O–H groups in total. The third kappa shape index (κ3) is 6.78. The third-order valence-electron chi connectivity index (χ3n) is 3.78. The number of amides is 2. The molecule has 2 rings (SSSR count). The van der Waals surface area contributed by atoms with Gasteiger partial charge in [0.25, 0.3) is 5.91 Å². The van der Waals surface area contributed by atoms with Gasteiger partial charge < -0.3 is 20.1 Å². The summed E-state index contributed by atoms with van der Waals surface area (Å²) in [6.07, 6.45) is 0.831. The average molecular weight is 405 g/mol. The van der Waals surface area contributed by atoms with Crippen LogP contribution in [0, 0.1) is 0 Å². The molecule has 0 unspecified atom stereocenters. The number of halogens is 1. The lowest BCUT2D eigenvalue weighted by atomic mass is 10.2. The molecule has 0 aromatic heterocycles. The van der Waals surface area contributed by atoms with E-state index in [-0.39, 0.29) is 17.9 Å². The predicted molar refractivity (Wildman–Crippen MR) is 110 cm³/mol. The van der Waals surface area contributed by atoms with Gasteiger partial charge in [0.15, 0.2) is 11.5 Å². The third-order valence-corrected chi connectivity index (χ3v) is 4.03. The minimum Gasteiger partial charge on any atom is -0.493 e. The molecule has 150 valence electrons. The fourth-order valence-corrected chi connectivity index (χ4v) is 2.60. The molecule has 2 aromatic rings. The van der Waals surface area contributed by atoms with E-state index in [1.54, 1.807) is 42.5 Å². The quantitative estimate of drug-likeness (QED) is 0.611. The van der Waals surface area contributed by atoms with Gasteiger partial charge in [-0.15, -0.1) is 0 Å². The maximum Gasteiger partial charge on any atom is 0.251 e. The van der Waals surface area contributed by atoms with Crippen LogP contribution in [0.1, 0.15) is 37.0 Å². The van der Waals surface area contributed by atoms with E-state index >= 15 is 0 Å². The van der Waals surface area contributed by atoms with Crippen LogP contribution < -0.4 is 20.1 Å². The van der Waals surface area contributed by atoms with E-state index in [4.69, 9.17) is 21.1 Å². The van der Waals surface area contributed by atoms with Crippen molar-refractivity contribution < 1.29 is 19.1 Å². The van der Waals surface area contributed by atoms with Crippen LogP contribution in [-0.2, 0) is 4.79 Å². The van der Waals surface area contributed by atoms with Crippen molar-refractivity contribution in [1.82, 2.24) is 5.32 Å². The summed E-state index contributed by atoms with van der Waals surface area (Å²) in [5.74, 6) is 0.748. The van der Waals surface area contributed by atoms with Crippen LogP contribution in [0.5, 0.6) is 11.5 Å². The Morgan fingerprint density at radius 2 is 1.79 bits per heavy atom. The van der Waals surface area contributed by atoms with Crippen LogP contribution in [0.3, 0.4) is 0 Å². The molecule has 0 radical (unpaired) electrons. The normalized spacial score (nSPS) is 10.5. The van der Waals surface area contributed by atoms with Crippen LogP contribution in [0.25, 0.3) is 0 Å². The van der Waals surface area contributed by atoms with Crippen LogP contribution in [-0.4, -0.2) is 31.6 Å². The molecule has 2 amide bonds. The van der Waals surface area contributed by atoms with Gasteiger partial charge >= 0.3 is 0 Å². The number of hydrogen-bond acceptors (Lipinski definition) is 4. The Hall–Kier alpha value is -2.73. The number of nitrogens with one attached hydrogen (secondary N) is 2. The summed E-state index contributed by atoms with van der Waals surface area (Å²) in [6.45, 7) is 4.23. The number of anilines is 1. The minimum atomic E-state index is -0.229. The van der Waals surface area contributed by atoms with Gasteiger partial charge in [-0.3, -0.25) is 9.59 Å². The highest BCUT2D eigenvalue weighted by molar-refractivity contribution is 6.30. The molecule has 0 spiro atoms. The fraction of sp³-hybridized carbons (Fsp3) is 0.333. The lowest BCUT2D eigenvalue weighted by molar-refractivity contribution is -0.116. The molecule has 0 aliphatic carbocycles. The fourth-order valence-electron chi connectivity index (χ4n) is 2.47. The molecular formula is C21H25ClN2O4. The molecule has 0 atom stereocenters. The van der Waals surface area contributed by atoms with E-state index in [0.29, 0.717) is 47.2 Å². The molecule has 0 heterocycles. The number of benzene rings is 2. The summed E-state index contributed by atoms with van der Waals surface area (Å²) in [5.41, 5.74) is 1.16. The van der Waals surface area contributed by atoms with Crippen molar-refractivity contribution in [2.45, 2.75) is 32.8 Å². The largest absolute Gasteiger partial charge is 0.493 e. The van der Waals surface area contributed by atoms with Gasteiger partial charge in [0.2, 0.25) is 5.91 Å². The van der Waals surface area contributed by atoms with Crippen LogP contribution in [0.2, 0.25) is 5.02 Å². The van der Waals surface area contributed by atoms with E-state index in [2.05, 4.69) is 10.6 Å². The molecule has 2 aromatic carbocycles. The maximum atomic E-state index is 12.3. The molecular weight excluding hydrogens is 380 g/mol. The van der Waals surface area contributed by atoms with Crippen molar-refractivity contribution >= 4 is 29.1 Å². The summed E-state index contributed by atoms with van der Waals surface area (Å²) in [6, 6.07) is 11.9. The minimum absolute atomic E-state index is 0.00703. The zero-order valence-corrected chi connectivity index (χ0v) is 17.0. The highest BCUT2D eigenvalue weighted by atomic mass is 35.5. The summed E-state index contributed by atoms with van der Waals surface area (Å²) in [5, 5.41) is 6.20. The standard InChI is InChI=1S/C21H25ClN2O4/c1-14(2)28-18-11-6-15(13-19(18)27-3)21(26)23-12-4-5-20(25)24-17-9-7-16(22)8-10-17/h6-11,13-14H,4-5,12H2,1-3H3,(H,23,26)(H,24,25). The Morgan fingerprint density at radius 3 is 2.43 bits per heavy atom. The van der Waals surface area contributed by atoms with Gasteiger partial charge in [-0.2, -0.15) is 0 Å². The first-order valence-electron chi connectivity index (χ1n) is 9.07. The molecule has 0 aliphatic rings. The predicted octanol–water partition coefficient (Wildman–Crippen LogP) is 4.28. The van der Waals surface area contributed by atoms with E-state index in [1.165, 1.54) is 7.11 Å². The first kappa shape index (κ1) is 21.6. The number of methoxy groups -OCH3 is 1. The molecule has 0 saturated carbocycles. The van der Waals surface area contributed by atoms with Gasteiger partial charge in [0.05, 0.1) is 13.2 Å². The van der Waals surface area contributed by atoms with Gasteiger partial charge in [0, 0.05) is 29.2 Å². The molecule has 0 bridgehead atoms. The van der Waals surface area contributed by atoms with Crippen molar-refractivity contribution in [3.05, 3.63) is 53.1 Å². The van der Waals surface area contributed by atoms with Crippen molar-refractivity contribution in [1.29, 1.82) is 0 Å². The first-order chi connectivity index (χ1) is 13.4. The maximum absolute atomic E-state index is 12.3. The topological polar surface area (TPSA) is 76.7 Å². The zero-order chi connectivity index (χ0) is 20.5. The van der Waals surface area contributed by atoms with Gasteiger partial charge in [0.1, 0.15) is 0 Å². The number of carbonyl (C=O) groups excluding carboxylic acids is 2. The van der Waals surface area contributed by atoms with E-state index in [9.17, 15) is 9.59 Å². The van der Waals surface area contributed by atoms with Crippen LogP contribution in [0.15, 0.2) is 42.5 Å². The van der Waals surface area contributed by atoms with Gasteiger partial charge in [-0.25, -0.2) is 0 Å². The van der Waals surface area contributed by atoms with Gasteiger partial charge in [-0.05, 0) is 62.7 Å². The van der Waals surface area contributed by atoms with E-state index in [1.807, 2.05) is 13.8 Å². The Morgan fingerprint density at radius 1 is 1.07 bits per heavy atom. The summed E-state index contributed by atoms with van der Waals surface area (Å²) in [7, 11) is 1.53. The van der Waals surface area contributed by atoms with Crippen LogP contribution >= 0.6 is 11.6 Å². The number of hydrogen-bond donors (Lipinski definition) is 2. The Kier molecular flexibility index (Phi) is 8.14. The first-order valence-corrected chi connectivity index (χ1v) is 9.45. The molecule has 28 heavy (non-hydrogen) atoms. The smallest absolute Gasteiger partial charge is 0.251 e. The zero-order valence-electron chi connectivity index (χ0n) is 16.3.